The van der Waals surface area contributed by atoms with Crippen LogP contribution in [0.15, 0.2) is 23.2 Å². The summed E-state index contributed by atoms with van der Waals surface area (Å²) in [5, 5.41) is 0. The molecule has 2 aliphatic rings. The Morgan fingerprint density at radius 3 is 2.32 bits per heavy atom. The maximum absolute atomic E-state index is 12.6. The van der Waals surface area contributed by atoms with Crippen molar-refractivity contribution in [2.75, 3.05) is 31.1 Å². The molecule has 0 unspecified atom stereocenters. The zero-order chi connectivity index (χ0) is 15.6. The summed E-state index contributed by atoms with van der Waals surface area (Å²) >= 11 is 0. The Morgan fingerprint density at radius 2 is 1.73 bits per heavy atom. The Balaban J connectivity index is 1.73. The Labute approximate surface area is 133 Å². The molecule has 122 valence electrons. The molecule has 5 nitrogen and oxygen atoms in total. The van der Waals surface area contributed by atoms with E-state index in [1.165, 1.54) is 19.0 Å². The lowest BCUT2D eigenvalue weighted by Gasteiger charge is -2.31. The molecule has 0 amide bonds. The maximum Gasteiger partial charge on any atom is 0.244 e. The number of piperidine rings is 2. The number of hydrogen-bond donors (Lipinski definition) is 0. The van der Waals surface area contributed by atoms with Crippen molar-refractivity contribution in [1.29, 1.82) is 0 Å². The minimum absolute atomic E-state index is 0.323. The van der Waals surface area contributed by atoms with Gasteiger partial charge in [-0.25, -0.2) is 13.4 Å². The molecule has 0 aromatic carbocycles. The van der Waals surface area contributed by atoms with Crippen LogP contribution in [0.4, 0.5) is 5.82 Å². The molecule has 1 aromatic rings. The minimum atomic E-state index is -3.37. The zero-order valence-corrected chi connectivity index (χ0v) is 14.1. The second-order valence-electron chi connectivity index (χ2n) is 6.49. The van der Waals surface area contributed by atoms with Crippen molar-refractivity contribution in [2.24, 2.45) is 5.92 Å². The molecule has 3 rings (SSSR count). The first kappa shape index (κ1) is 15.7. The van der Waals surface area contributed by atoms with Crippen molar-refractivity contribution in [3.8, 4) is 0 Å². The zero-order valence-electron chi connectivity index (χ0n) is 13.2. The molecule has 0 aliphatic carbocycles. The molecule has 1 aromatic heterocycles. The maximum atomic E-state index is 12.6. The molecule has 3 heterocycles. The van der Waals surface area contributed by atoms with Crippen LogP contribution in [0.1, 0.15) is 39.0 Å². The quantitative estimate of drug-likeness (QED) is 0.857. The standard InChI is InChI=1S/C16H25N3O2S/c1-14-7-11-18(12-8-14)16-6-5-15(13-17-16)22(20,21)19-9-3-2-4-10-19/h5-6,13-14H,2-4,7-12H2,1H3. The molecule has 6 heteroatoms. The molecule has 0 atom stereocenters. The number of rotatable bonds is 3. The largest absolute Gasteiger partial charge is 0.357 e. The molecule has 0 N–H and O–H groups in total. The highest BCUT2D eigenvalue weighted by molar-refractivity contribution is 7.89. The van der Waals surface area contributed by atoms with E-state index in [9.17, 15) is 8.42 Å². The Morgan fingerprint density at radius 1 is 1.05 bits per heavy atom. The molecule has 2 aliphatic heterocycles. The van der Waals surface area contributed by atoms with E-state index in [2.05, 4.69) is 16.8 Å². The highest BCUT2D eigenvalue weighted by Crippen LogP contribution is 2.24. The molecule has 22 heavy (non-hydrogen) atoms. The van der Waals surface area contributed by atoms with Gasteiger partial charge in [0.15, 0.2) is 0 Å². The van der Waals surface area contributed by atoms with Crippen LogP contribution in [0.3, 0.4) is 0 Å². The number of anilines is 1. The first-order chi connectivity index (χ1) is 10.6. The van der Waals surface area contributed by atoms with Gasteiger partial charge in [-0.05, 0) is 43.7 Å². The van der Waals surface area contributed by atoms with E-state index < -0.39 is 10.0 Å². The van der Waals surface area contributed by atoms with Crippen LogP contribution in [0.25, 0.3) is 0 Å². The Kier molecular flexibility index (Phi) is 4.68. The first-order valence-electron chi connectivity index (χ1n) is 8.28. The SMILES string of the molecule is CC1CCN(c2ccc(S(=O)(=O)N3CCCCC3)cn2)CC1. The van der Waals surface area contributed by atoms with E-state index >= 15 is 0 Å². The molecular weight excluding hydrogens is 298 g/mol. The van der Waals surface area contributed by atoms with Gasteiger partial charge < -0.3 is 4.90 Å². The van der Waals surface area contributed by atoms with Crippen molar-refractivity contribution in [2.45, 2.75) is 43.9 Å². The lowest BCUT2D eigenvalue weighted by Crippen LogP contribution is -2.36. The summed E-state index contributed by atoms with van der Waals surface area (Å²) in [5.74, 6) is 1.67. The first-order valence-corrected chi connectivity index (χ1v) is 9.72. The predicted molar refractivity (Wildman–Crippen MR) is 87.5 cm³/mol. The van der Waals surface area contributed by atoms with Crippen LogP contribution in [-0.2, 0) is 10.0 Å². The number of pyridine rings is 1. The van der Waals surface area contributed by atoms with E-state index in [1.807, 2.05) is 6.07 Å². The van der Waals surface area contributed by atoms with E-state index in [0.29, 0.717) is 18.0 Å². The average molecular weight is 323 g/mol. The van der Waals surface area contributed by atoms with Crippen molar-refractivity contribution in [1.82, 2.24) is 9.29 Å². The van der Waals surface area contributed by atoms with E-state index in [4.69, 9.17) is 0 Å². The fourth-order valence-corrected chi connectivity index (χ4v) is 4.67. The normalized spacial score (nSPS) is 22.0. The van der Waals surface area contributed by atoms with Crippen LogP contribution < -0.4 is 4.90 Å². The fourth-order valence-electron chi connectivity index (χ4n) is 3.20. The monoisotopic (exact) mass is 323 g/mol. The van der Waals surface area contributed by atoms with E-state index in [-0.39, 0.29) is 0 Å². The molecule has 2 fully saturated rings. The van der Waals surface area contributed by atoms with Gasteiger partial charge in [-0.2, -0.15) is 4.31 Å². The molecule has 0 bridgehead atoms. The number of hydrogen-bond acceptors (Lipinski definition) is 4. The summed E-state index contributed by atoms with van der Waals surface area (Å²) in [4.78, 5) is 6.98. The molecule has 0 spiro atoms. The Bertz CT molecular complexity index is 586. The van der Waals surface area contributed by atoms with Crippen LogP contribution in [-0.4, -0.2) is 43.9 Å². The van der Waals surface area contributed by atoms with Crippen LogP contribution >= 0.6 is 0 Å². The molecular formula is C16H25N3O2S. The van der Waals surface area contributed by atoms with Crippen LogP contribution in [0.2, 0.25) is 0 Å². The molecule has 2 saturated heterocycles. The number of nitrogens with zero attached hydrogens (tertiary/aromatic N) is 3. The van der Waals surface area contributed by atoms with Gasteiger partial charge >= 0.3 is 0 Å². The van der Waals surface area contributed by atoms with Gasteiger partial charge in [0.05, 0.1) is 0 Å². The summed E-state index contributed by atoms with van der Waals surface area (Å²) in [6, 6.07) is 3.57. The summed E-state index contributed by atoms with van der Waals surface area (Å²) in [7, 11) is -3.37. The fraction of sp³-hybridized carbons (Fsp3) is 0.688. The highest BCUT2D eigenvalue weighted by Gasteiger charge is 2.26. The summed E-state index contributed by atoms with van der Waals surface area (Å²) in [6.45, 7) is 5.56. The third-order valence-corrected chi connectivity index (χ3v) is 6.66. The molecule has 0 saturated carbocycles. The average Bonchev–Trinajstić information content (AvgIpc) is 2.56. The molecule has 0 radical (unpaired) electrons. The Hall–Kier alpha value is -1.14. The van der Waals surface area contributed by atoms with Crippen molar-refractivity contribution in [3.05, 3.63) is 18.3 Å². The lowest BCUT2D eigenvalue weighted by molar-refractivity contribution is 0.346. The smallest absolute Gasteiger partial charge is 0.244 e. The topological polar surface area (TPSA) is 53.5 Å². The van der Waals surface area contributed by atoms with Gasteiger partial charge in [0, 0.05) is 32.4 Å². The van der Waals surface area contributed by atoms with Crippen molar-refractivity contribution in [3.63, 3.8) is 0 Å². The van der Waals surface area contributed by atoms with Crippen molar-refractivity contribution >= 4 is 15.8 Å². The van der Waals surface area contributed by atoms with Gasteiger partial charge in [-0.15, -0.1) is 0 Å². The van der Waals surface area contributed by atoms with Gasteiger partial charge in [0.2, 0.25) is 10.0 Å². The number of sulfonamides is 1. The summed E-state index contributed by atoms with van der Waals surface area (Å²) < 4.78 is 26.8. The van der Waals surface area contributed by atoms with Gasteiger partial charge in [0.25, 0.3) is 0 Å². The lowest BCUT2D eigenvalue weighted by atomic mass is 9.99. The third kappa shape index (κ3) is 3.27. The second kappa shape index (κ2) is 6.54. The van der Waals surface area contributed by atoms with Gasteiger partial charge in [-0.3, -0.25) is 0 Å². The van der Waals surface area contributed by atoms with Crippen molar-refractivity contribution < 1.29 is 8.42 Å². The van der Waals surface area contributed by atoms with Crippen LogP contribution in [0.5, 0.6) is 0 Å². The number of aromatic nitrogens is 1. The second-order valence-corrected chi connectivity index (χ2v) is 8.42. The van der Waals surface area contributed by atoms with Gasteiger partial charge in [-0.1, -0.05) is 13.3 Å². The summed E-state index contributed by atoms with van der Waals surface area (Å²) in [5.41, 5.74) is 0. The van der Waals surface area contributed by atoms with E-state index in [0.717, 1.165) is 44.1 Å². The van der Waals surface area contributed by atoms with Gasteiger partial charge in [0.1, 0.15) is 10.7 Å². The van der Waals surface area contributed by atoms with E-state index in [1.54, 1.807) is 10.4 Å². The summed E-state index contributed by atoms with van der Waals surface area (Å²) in [6.07, 6.45) is 6.91. The third-order valence-electron chi connectivity index (χ3n) is 4.78. The highest BCUT2D eigenvalue weighted by atomic mass is 32.2. The minimum Gasteiger partial charge on any atom is -0.357 e. The predicted octanol–water partition coefficient (Wildman–Crippen LogP) is 2.49. The van der Waals surface area contributed by atoms with Crippen LogP contribution in [0, 0.1) is 5.92 Å².